The van der Waals surface area contributed by atoms with Gasteiger partial charge in [-0.05, 0) is 54.9 Å². The Morgan fingerprint density at radius 1 is 1.31 bits per heavy atom. The van der Waals surface area contributed by atoms with E-state index in [-0.39, 0.29) is 25.0 Å². The molecule has 1 amide bonds. The number of aliphatic hydroxyl groups is 2. The van der Waals surface area contributed by atoms with Gasteiger partial charge in [-0.15, -0.1) is 11.3 Å². The number of aromatic nitrogens is 3. The van der Waals surface area contributed by atoms with Crippen molar-refractivity contribution >= 4 is 28.9 Å². The highest BCUT2D eigenvalue weighted by molar-refractivity contribution is 7.15. The van der Waals surface area contributed by atoms with Crippen LogP contribution in [0.2, 0.25) is 0 Å². The molecule has 2 aromatic heterocycles. The van der Waals surface area contributed by atoms with E-state index in [4.69, 9.17) is 15.6 Å². The smallest absolute Gasteiger partial charge is 0.230 e. The Hall–Kier alpha value is -3.08. The molecular weight excluding hydrogens is 466 g/mol. The van der Waals surface area contributed by atoms with E-state index in [1.54, 1.807) is 18.5 Å². The maximum absolute atomic E-state index is 11.9. The van der Waals surface area contributed by atoms with Gasteiger partial charge in [0.2, 0.25) is 17.7 Å². The number of hydrogen-bond acceptors (Lipinski definition) is 9. The lowest BCUT2D eigenvalue weighted by Crippen LogP contribution is -2.46. The van der Waals surface area contributed by atoms with Gasteiger partial charge in [0.15, 0.2) is 0 Å². The molecule has 0 unspecified atom stereocenters. The van der Waals surface area contributed by atoms with Crippen LogP contribution in [0.4, 0.5) is 11.6 Å². The Balaban J connectivity index is 1.55. The minimum absolute atomic E-state index is 0.0941. The molecule has 9 nitrogen and oxygen atoms in total. The first-order valence-corrected chi connectivity index (χ1v) is 12.3. The number of aryl methyl sites for hydroxylation is 1. The zero-order chi connectivity index (χ0) is 25.2. The molecule has 5 N–H and O–H groups in total. The molecular formula is C25H31N5O4S. The topological polar surface area (TPSA) is 143 Å². The number of nitrogens with one attached hydrogen (secondary N) is 1. The van der Waals surface area contributed by atoms with E-state index in [0.717, 1.165) is 21.7 Å². The molecule has 0 bridgehead atoms. The number of nitrogens with two attached hydrogens (primary N) is 1. The molecule has 3 aromatic rings. The number of ether oxygens (including phenoxy) is 1. The average molecular weight is 498 g/mol. The average Bonchev–Trinajstić information content (AvgIpc) is 3.28. The molecule has 1 aliphatic carbocycles. The number of rotatable bonds is 8. The number of benzene rings is 1. The van der Waals surface area contributed by atoms with E-state index < -0.39 is 11.0 Å². The molecule has 1 fully saturated rings. The molecule has 1 aromatic carbocycles. The van der Waals surface area contributed by atoms with Gasteiger partial charge in [0, 0.05) is 30.1 Å². The zero-order valence-electron chi connectivity index (χ0n) is 20.1. The van der Waals surface area contributed by atoms with Crippen LogP contribution < -0.4 is 15.8 Å². The molecule has 2 atom stereocenters. The van der Waals surface area contributed by atoms with Gasteiger partial charge in [0.05, 0.1) is 11.5 Å². The fraction of sp³-hybridized carbons (Fsp3) is 0.440. The number of hydrogen-bond donors (Lipinski definition) is 4. The second-order valence-corrected chi connectivity index (χ2v) is 10.8. The fourth-order valence-corrected chi connectivity index (χ4v) is 5.85. The Bertz CT molecular complexity index is 1210. The number of primary amides is 1. The minimum atomic E-state index is -1.09. The van der Waals surface area contributed by atoms with E-state index in [9.17, 15) is 9.90 Å². The van der Waals surface area contributed by atoms with Crippen molar-refractivity contribution in [2.45, 2.75) is 45.6 Å². The first-order chi connectivity index (χ1) is 16.6. The van der Waals surface area contributed by atoms with Gasteiger partial charge >= 0.3 is 0 Å². The van der Waals surface area contributed by atoms with Crippen LogP contribution in [-0.2, 0) is 10.4 Å². The molecule has 35 heavy (non-hydrogen) atoms. The molecule has 2 heterocycles. The van der Waals surface area contributed by atoms with Gasteiger partial charge < -0.3 is 26.0 Å². The normalized spacial score (nSPS) is 21.5. The second-order valence-electron chi connectivity index (χ2n) is 9.72. The summed E-state index contributed by atoms with van der Waals surface area (Å²) in [4.78, 5) is 25.9. The van der Waals surface area contributed by atoms with Crippen molar-refractivity contribution in [3.8, 4) is 16.3 Å². The third kappa shape index (κ3) is 5.61. The van der Waals surface area contributed by atoms with E-state index in [2.05, 4.69) is 26.3 Å². The number of nitrogens with zero attached hydrogens (tertiary/aromatic N) is 3. The highest BCUT2D eigenvalue weighted by Gasteiger charge is 2.48. The summed E-state index contributed by atoms with van der Waals surface area (Å²) in [6, 6.07) is 7.65. The van der Waals surface area contributed by atoms with Crippen LogP contribution in [-0.4, -0.2) is 44.3 Å². The van der Waals surface area contributed by atoms with Gasteiger partial charge in [-0.25, -0.2) is 9.97 Å². The molecule has 0 spiro atoms. The standard InChI is InChI=1S/C25H31N5O4S/c1-15-10-16(12-17(11-15)29-23-27-7-5-20(30-23)34-9-8-31)19-13-28-22(35-19)25(33)6-4-18(21(26)32)24(2,3)14-25/h5,7,10-13,18,31,33H,4,6,8-9,14H2,1-3H3,(H2,26,32)(H,27,29,30)/t18-,25-/m0/s1. The van der Waals surface area contributed by atoms with Crippen molar-refractivity contribution in [1.29, 1.82) is 0 Å². The lowest BCUT2D eigenvalue weighted by atomic mass is 9.63. The molecule has 1 saturated carbocycles. The molecule has 0 saturated heterocycles. The highest BCUT2D eigenvalue weighted by Crippen LogP contribution is 2.50. The molecule has 0 aliphatic heterocycles. The number of carbonyl (C=O) groups excluding carboxylic acids is 1. The largest absolute Gasteiger partial charge is 0.475 e. The quantitative estimate of drug-likeness (QED) is 0.370. The van der Waals surface area contributed by atoms with Crippen molar-refractivity contribution in [1.82, 2.24) is 15.0 Å². The van der Waals surface area contributed by atoms with Gasteiger partial charge in [-0.1, -0.05) is 19.9 Å². The number of anilines is 2. The summed E-state index contributed by atoms with van der Waals surface area (Å²) in [7, 11) is 0. The van der Waals surface area contributed by atoms with Gasteiger partial charge in [0.1, 0.15) is 17.2 Å². The number of carbonyl (C=O) groups is 1. The first kappa shape index (κ1) is 25.0. The molecule has 10 heteroatoms. The van der Waals surface area contributed by atoms with E-state index >= 15 is 0 Å². The summed E-state index contributed by atoms with van der Waals surface area (Å²) >= 11 is 1.46. The monoisotopic (exact) mass is 497 g/mol. The lowest BCUT2D eigenvalue weighted by Gasteiger charge is -2.44. The maximum atomic E-state index is 11.9. The van der Waals surface area contributed by atoms with Crippen LogP contribution in [0.25, 0.3) is 10.4 Å². The zero-order valence-corrected chi connectivity index (χ0v) is 20.9. The van der Waals surface area contributed by atoms with E-state index in [1.807, 2.05) is 32.9 Å². The highest BCUT2D eigenvalue weighted by atomic mass is 32.1. The fourth-order valence-electron chi connectivity index (χ4n) is 4.83. The van der Waals surface area contributed by atoms with Crippen molar-refractivity contribution in [3.63, 3.8) is 0 Å². The van der Waals surface area contributed by atoms with Crippen molar-refractivity contribution in [2.24, 2.45) is 17.1 Å². The maximum Gasteiger partial charge on any atom is 0.230 e. The Morgan fingerprint density at radius 2 is 2.11 bits per heavy atom. The van der Waals surface area contributed by atoms with Crippen molar-refractivity contribution in [3.05, 3.63) is 47.2 Å². The van der Waals surface area contributed by atoms with Crippen LogP contribution in [0.1, 0.15) is 43.7 Å². The SMILES string of the molecule is Cc1cc(Nc2nccc(OCCO)n2)cc(-c2cnc([C@]3(O)CC[C@@H](C(N)=O)C(C)(C)C3)s2)c1. The molecule has 4 rings (SSSR count). The van der Waals surface area contributed by atoms with Crippen molar-refractivity contribution in [2.75, 3.05) is 18.5 Å². The molecule has 0 radical (unpaired) electrons. The predicted molar refractivity (Wildman–Crippen MR) is 134 cm³/mol. The summed E-state index contributed by atoms with van der Waals surface area (Å²) < 4.78 is 5.36. The van der Waals surface area contributed by atoms with Crippen LogP contribution >= 0.6 is 11.3 Å². The Labute approximate surface area is 208 Å². The van der Waals surface area contributed by atoms with Gasteiger partial charge in [0.25, 0.3) is 0 Å². The number of amides is 1. The van der Waals surface area contributed by atoms with E-state index in [1.165, 1.54) is 11.3 Å². The summed E-state index contributed by atoms with van der Waals surface area (Å²) in [6.45, 7) is 6.02. The Morgan fingerprint density at radius 3 is 2.83 bits per heavy atom. The first-order valence-electron chi connectivity index (χ1n) is 11.5. The van der Waals surface area contributed by atoms with Gasteiger partial charge in [-0.2, -0.15) is 4.98 Å². The number of thiazole rings is 1. The van der Waals surface area contributed by atoms with Gasteiger partial charge in [-0.3, -0.25) is 4.79 Å². The molecule has 186 valence electrons. The summed E-state index contributed by atoms with van der Waals surface area (Å²) in [6.07, 6.45) is 4.77. The summed E-state index contributed by atoms with van der Waals surface area (Å²) in [5.41, 5.74) is 6.89. The summed E-state index contributed by atoms with van der Waals surface area (Å²) in [5.74, 6) is 0.178. The van der Waals surface area contributed by atoms with Crippen molar-refractivity contribution < 1.29 is 19.7 Å². The number of aliphatic hydroxyl groups excluding tert-OH is 1. The van der Waals surface area contributed by atoms with E-state index in [0.29, 0.717) is 36.1 Å². The van der Waals surface area contributed by atoms with Crippen LogP contribution in [0, 0.1) is 18.3 Å². The predicted octanol–water partition coefficient (Wildman–Crippen LogP) is 3.52. The third-order valence-corrected chi connectivity index (χ3v) is 7.61. The lowest BCUT2D eigenvalue weighted by molar-refractivity contribution is -0.134. The minimum Gasteiger partial charge on any atom is -0.475 e. The van der Waals surface area contributed by atoms with Crippen LogP contribution in [0.15, 0.2) is 36.7 Å². The Kier molecular flexibility index (Phi) is 7.07. The summed E-state index contributed by atoms with van der Waals surface area (Å²) in [5, 5.41) is 24.3. The van der Waals surface area contributed by atoms with Crippen LogP contribution in [0.3, 0.4) is 0 Å². The second kappa shape index (κ2) is 9.88. The third-order valence-electron chi connectivity index (χ3n) is 6.37. The van der Waals surface area contributed by atoms with Crippen LogP contribution in [0.5, 0.6) is 5.88 Å². The molecule has 1 aliphatic rings.